The van der Waals surface area contributed by atoms with Crippen LogP contribution in [0.2, 0.25) is 5.02 Å². The van der Waals surface area contributed by atoms with Gasteiger partial charge in [-0.25, -0.2) is 0 Å². The molecule has 0 fully saturated rings. The first kappa shape index (κ1) is 11.0. The van der Waals surface area contributed by atoms with Gasteiger partial charge >= 0.3 is 0 Å². The van der Waals surface area contributed by atoms with E-state index in [9.17, 15) is 5.11 Å². The largest absolute Gasteiger partial charge is 0.387 e. The van der Waals surface area contributed by atoms with Crippen molar-refractivity contribution in [3.63, 3.8) is 0 Å². The molecular weight excluding hydrogens is 253 g/mol. The molecule has 4 heteroatoms. The molecule has 1 unspecified atom stereocenters. The molecule has 72 valence electrons. The molecule has 0 radical (unpaired) electrons. The summed E-state index contributed by atoms with van der Waals surface area (Å²) in [5.74, 6) is 0. The monoisotopic (exact) mass is 263 g/mol. The Bertz CT molecular complexity index is 317. The summed E-state index contributed by atoms with van der Waals surface area (Å²) in [7, 11) is 0. The van der Waals surface area contributed by atoms with E-state index in [4.69, 9.17) is 17.3 Å². The van der Waals surface area contributed by atoms with Crippen molar-refractivity contribution in [1.82, 2.24) is 0 Å². The molecule has 0 bridgehead atoms. The van der Waals surface area contributed by atoms with Gasteiger partial charge in [-0.1, -0.05) is 11.6 Å². The van der Waals surface area contributed by atoms with Gasteiger partial charge in [0.25, 0.3) is 0 Å². The number of aliphatic hydroxyl groups is 1. The van der Waals surface area contributed by atoms with Gasteiger partial charge in [-0.15, -0.1) is 0 Å². The highest BCUT2D eigenvalue weighted by molar-refractivity contribution is 9.10. The molecular formula is C9H11BrClNO. The van der Waals surface area contributed by atoms with Crippen molar-refractivity contribution in [2.45, 2.75) is 13.0 Å². The summed E-state index contributed by atoms with van der Waals surface area (Å²) in [4.78, 5) is 0. The van der Waals surface area contributed by atoms with E-state index < -0.39 is 6.10 Å². The predicted molar refractivity (Wildman–Crippen MR) is 57.9 cm³/mol. The zero-order valence-corrected chi connectivity index (χ0v) is 9.56. The fraction of sp³-hybridized carbons (Fsp3) is 0.333. The number of halogens is 2. The quantitative estimate of drug-likeness (QED) is 0.862. The predicted octanol–water partition coefficient (Wildman–Crippen LogP) is 2.40. The number of aryl methyl sites for hydroxylation is 1. The summed E-state index contributed by atoms with van der Waals surface area (Å²) in [6, 6.07) is 3.61. The smallest absolute Gasteiger partial charge is 0.0915 e. The van der Waals surface area contributed by atoms with E-state index >= 15 is 0 Å². The van der Waals surface area contributed by atoms with Crippen molar-refractivity contribution in [3.8, 4) is 0 Å². The molecule has 1 aromatic rings. The van der Waals surface area contributed by atoms with Crippen molar-refractivity contribution in [3.05, 3.63) is 32.8 Å². The zero-order chi connectivity index (χ0) is 10.0. The number of hydrogen-bond acceptors (Lipinski definition) is 2. The lowest BCUT2D eigenvalue weighted by atomic mass is 10.0. The molecule has 13 heavy (non-hydrogen) atoms. The minimum absolute atomic E-state index is 0.217. The van der Waals surface area contributed by atoms with Crippen LogP contribution in [0.3, 0.4) is 0 Å². The fourth-order valence-electron chi connectivity index (χ4n) is 1.15. The summed E-state index contributed by atoms with van der Waals surface area (Å²) in [6.45, 7) is 2.11. The van der Waals surface area contributed by atoms with Crippen molar-refractivity contribution in [1.29, 1.82) is 0 Å². The Morgan fingerprint density at radius 3 is 2.77 bits per heavy atom. The molecule has 1 rings (SSSR count). The second kappa shape index (κ2) is 4.42. The Labute approximate surface area is 90.8 Å². The maximum Gasteiger partial charge on any atom is 0.0915 e. The normalized spacial score (nSPS) is 13.0. The molecule has 2 nitrogen and oxygen atoms in total. The summed E-state index contributed by atoms with van der Waals surface area (Å²) >= 11 is 9.17. The van der Waals surface area contributed by atoms with Crippen LogP contribution in [0.1, 0.15) is 17.2 Å². The van der Waals surface area contributed by atoms with Gasteiger partial charge < -0.3 is 10.8 Å². The van der Waals surface area contributed by atoms with Gasteiger partial charge in [-0.05, 0) is 46.1 Å². The zero-order valence-electron chi connectivity index (χ0n) is 7.22. The number of nitrogens with two attached hydrogens (primary N) is 1. The lowest BCUT2D eigenvalue weighted by Crippen LogP contribution is -2.12. The van der Waals surface area contributed by atoms with Crippen molar-refractivity contribution < 1.29 is 5.11 Å². The van der Waals surface area contributed by atoms with Crippen LogP contribution in [-0.4, -0.2) is 11.7 Å². The minimum atomic E-state index is -0.617. The molecule has 0 aliphatic heterocycles. The third kappa shape index (κ3) is 2.44. The highest BCUT2D eigenvalue weighted by atomic mass is 79.9. The van der Waals surface area contributed by atoms with Crippen molar-refractivity contribution in [2.75, 3.05) is 6.54 Å². The van der Waals surface area contributed by atoms with Crippen LogP contribution in [0.25, 0.3) is 0 Å². The number of aliphatic hydroxyl groups excluding tert-OH is 1. The third-order valence-corrected chi connectivity index (χ3v) is 3.09. The minimum Gasteiger partial charge on any atom is -0.387 e. The molecule has 0 saturated heterocycles. The van der Waals surface area contributed by atoms with Gasteiger partial charge in [0.15, 0.2) is 0 Å². The first-order chi connectivity index (χ1) is 6.06. The highest BCUT2D eigenvalue weighted by Gasteiger charge is 2.10. The molecule has 1 aromatic carbocycles. The Hall–Kier alpha value is -0.0900. The summed E-state index contributed by atoms with van der Waals surface area (Å²) in [5.41, 5.74) is 7.13. The molecule has 3 N–H and O–H groups in total. The third-order valence-electron chi connectivity index (χ3n) is 1.89. The summed E-state index contributed by atoms with van der Waals surface area (Å²) in [5, 5.41) is 10.2. The van der Waals surface area contributed by atoms with Gasteiger partial charge in [0.2, 0.25) is 0 Å². The first-order valence-corrected chi connectivity index (χ1v) is 5.07. The number of rotatable bonds is 2. The van der Waals surface area contributed by atoms with E-state index in [2.05, 4.69) is 15.9 Å². The highest BCUT2D eigenvalue weighted by Crippen LogP contribution is 2.28. The molecule has 0 saturated carbocycles. The van der Waals surface area contributed by atoms with Gasteiger partial charge in [0.1, 0.15) is 0 Å². The van der Waals surface area contributed by atoms with E-state index in [1.165, 1.54) is 0 Å². The first-order valence-electron chi connectivity index (χ1n) is 3.90. The van der Waals surface area contributed by atoms with Crippen molar-refractivity contribution >= 4 is 27.5 Å². The Kier molecular flexibility index (Phi) is 3.74. The van der Waals surface area contributed by atoms with E-state index in [1.807, 2.05) is 6.92 Å². The molecule has 0 aliphatic rings. The Morgan fingerprint density at radius 1 is 1.62 bits per heavy atom. The van der Waals surface area contributed by atoms with Gasteiger partial charge in [0.05, 0.1) is 11.1 Å². The molecule has 1 atom stereocenters. The lowest BCUT2D eigenvalue weighted by molar-refractivity contribution is 0.186. The SMILES string of the molecule is Cc1cc(Cl)c(Br)cc1C(O)CN. The van der Waals surface area contributed by atoms with Gasteiger partial charge in [-0.2, -0.15) is 0 Å². The maximum atomic E-state index is 9.54. The van der Waals surface area contributed by atoms with Crippen LogP contribution < -0.4 is 5.73 Å². The van der Waals surface area contributed by atoms with Gasteiger partial charge in [-0.3, -0.25) is 0 Å². The average Bonchev–Trinajstić information content (AvgIpc) is 2.10. The van der Waals surface area contributed by atoms with E-state index in [1.54, 1.807) is 12.1 Å². The topological polar surface area (TPSA) is 46.2 Å². The maximum absolute atomic E-state index is 9.54. The molecule has 0 aromatic heterocycles. The van der Waals surface area contributed by atoms with E-state index in [0.717, 1.165) is 15.6 Å². The second-order valence-corrected chi connectivity index (χ2v) is 4.14. The number of benzene rings is 1. The second-order valence-electron chi connectivity index (χ2n) is 2.87. The lowest BCUT2D eigenvalue weighted by Gasteiger charge is -2.12. The van der Waals surface area contributed by atoms with E-state index in [-0.39, 0.29) is 6.54 Å². The molecule has 0 spiro atoms. The van der Waals surface area contributed by atoms with Crippen LogP contribution in [-0.2, 0) is 0 Å². The van der Waals surface area contributed by atoms with Crippen LogP contribution in [0.4, 0.5) is 0 Å². The molecule has 0 heterocycles. The Balaban J connectivity index is 3.15. The number of hydrogen-bond donors (Lipinski definition) is 2. The fourth-order valence-corrected chi connectivity index (χ4v) is 1.73. The van der Waals surface area contributed by atoms with Gasteiger partial charge in [0, 0.05) is 11.0 Å². The van der Waals surface area contributed by atoms with Crippen LogP contribution in [0.15, 0.2) is 16.6 Å². The van der Waals surface area contributed by atoms with Crippen molar-refractivity contribution in [2.24, 2.45) is 5.73 Å². The summed E-state index contributed by atoms with van der Waals surface area (Å²) < 4.78 is 0.780. The van der Waals surface area contributed by atoms with Crippen LogP contribution >= 0.6 is 27.5 Å². The molecule has 0 amide bonds. The summed E-state index contributed by atoms with van der Waals surface area (Å²) in [6.07, 6.45) is -0.617. The van der Waals surface area contributed by atoms with Crippen LogP contribution in [0.5, 0.6) is 0 Å². The Morgan fingerprint density at radius 2 is 2.23 bits per heavy atom. The average molecular weight is 265 g/mol. The van der Waals surface area contributed by atoms with Crippen LogP contribution in [0, 0.1) is 6.92 Å². The molecule has 0 aliphatic carbocycles. The van der Waals surface area contributed by atoms with E-state index in [0.29, 0.717) is 5.02 Å². The standard InChI is InChI=1S/C9H11BrClNO/c1-5-2-8(11)7(10)3-6(5)9(13)4-12/h2-3,9,13H,4,12H2,1H3.